The molecule has 2 aromatic carbocycles. The van der Waals surface area contributed by atoms with Crippen LogP contribution in [0.5, 0.6) is 0 Å². The lowest BCUT2D eigenvalue weighted by molar-refractivity contribution is -0.156. The number of esters is 1. The average molecular weight is 651 g/mol. The predicted octanol–water partition coefficient (Wildman–Crippen LogP) is 5.64. The van der Waals surface area contributed by atoms with Gasteiger partial charge in [0.2, 0.25) is 0 Å². The third kappa shape index (κ3) is 3.90. The molecule has 2 aromatic rings. The van der Waals surface area contributed by atoms with Gasteiger partial charge in [0.05, 0.1) is 19.3 Å². The van der Waals surface area contributed by atoms with E-state index in [0.717, 1.165) is 35.1 Å². The molecule has 0 aromatic heterocycles. The van der Waals surface area contributed by atoms with Crippen LogP contribution < -0.4 is 0 Å². The van der Waals surface area contributed by atoms with E-state index < -0.39 is 30.7 Å². The Labute approximate surface area is 268 Å². The molecular formula is C35H39O10P. The number of hydrogen-bond acceptors (Lipinski definition) is 10. The van der Waals surface area contributed by atoms with E-state index in [1.165, 1.54) is 0 Å². The molecule has 4 heterocycles. The van der Waals surface area contributed by atoms with Gasteiger partial charge in [0.25, 0.3) is 0 Å². The van der Waals surface area contributed by atoms with Gasteiger partial charge in [0.1, 0.15) is 36.1 Å². The van der Waals surface area contributed by atoms with Gasteiger partial charge >= 0.3 is 13.8 Å². The number of phosphoric acid groups is 1. The van der Waals surface area contributed by atoms with Crippen molar-refractivity contribution in [3.8, 4) is 0 Å². The Morgan fingerprint density at radius 2 is 1.59 bits per heavy atom. The van der Waals surface area contributed by atoms with Crippen LogP contribution in [0.3, 0.4) is 0 Å². The molecule has 0 amide bonds. The van der Waals surface area contributed by atoms with E-state index in [-0.39, 0.29) is 61.5 Å². The van der Waals surface area contributed by atoms with Crippen LogP contribution in [0.15, 0.2) is 71.8 Å². The molecule has 2 saturated carbocycles. The maximum absolute atomic E-state index is 14.0. The minimum Gasteiger partial charge on any atom is -0.458 e. The van der Waals surface area contributed by atoms with Crippen molar-refractivity contribution in [1.82, 2.24) is 0 Å². The number of fused-ring (bicyclic) bond motifs is 4. The van der Waals surface area contributed by atoms with Gasteiger partial charge in [-0.15, -0.1) is 0 Å². The molecule has 10 nitrogen and oxygen atoms in total. The van der Waals surface area contributed by atoms with E-state index in [2.05, 4.69) is 20.8 Å². The first kappa shape index (κ1) is 29.7. The number of epoxide rings is 3. The topological polar surface area (TPSA) is 118 Å². The van der Waals surface area contributed by atoms with Gasteiger partial charge in [0, 0.05) is 11.0 Å². The van der Waals surface area contributed by atoms with E-state index in [1.54, 1.807) is 0 Å². The lowest BCUT2D eigenvalue weighted by Crippen LogP contribution is -2.69. The Bertz CT molecular complexity index is 1600. The average Bonchev–Trinajstić information content (AvgIpc) is 3.99. The summed E-state index contributed by atoms with van der Waals surface area (Å²) in [5.74, 6) is 0.0380. The summed E-state index contributed by atoms with van der Waals surface area (Å²) in [6.07, 6.45) is 1.26. The lowest BCUT2D eigenvalue weighted by atomic mass is 9.46. The quantitative estimate of drug-likeness (QED) is 0.131. The fourth-order valence-corrected chi connectivity index (χ4v) is 10.7. The first-order valence-electron chi connectivity index (χ1n) is 16.3. The summed E-state index contributed by atoms with van der Waals surface area (Å²) >= 11 is 0. The van der Waals surface area contributed by atoms with E-state index in [0.29, 0.717) is 13.0 Å². The summed E-state index contributed by atoms with van der Waals surface area (Å²) in [4.78, 5) is 12.5. The molecule has 0 bridgehead atoms. The lowest BCUT2D eigenvalue weighted by Gasteiger charge is -2.54. The highest BCUT2D eigenvalue weighted by molar-refractivity contribution is 7.48. The summed E-state index contributed by atoms with van der Waals surface area (Å²) in [5, 5.41) is 0. The van der Waals surface area contributed by atoms with Gasteiger partial charge in [-0.2, -0.15) is 0 Å². The first-order valence-corrected chi connectivity index (χ1v) is 17.8. The molecule has 2 spiro atoms. The monoisotopic (exact) mass is 650 g/mol. The maximum Gasteiger partial charge on any atom is 0.477 e. The Balaban J connectivity index is 0.987. The van der Waals surface area contributed by atoms with Gasteiger partial charge in [0.15, 0.2) is 12.4 Å². The Morgan fingerprint density at radius 1 is 0.913 bits per heavy atom. The van der Waals surface area contributed by atoms with E-state index in [4.69, 9.17) is 37.3 Å². The van der Waals surface area contributed by atoms with E-state index in [9.17, 15) is 9.36 Å². The van der Waals surface area contributed by atoms with Gasteiger partial charge in [-0.3, -0.25) is 13.6 Å². The molecule has 7 aliphatic rings. The zero-order valence-corrected chi connectivity index (χ0v) is 27.1. The number of hydrogen-bond donors (Lipinski definition) is 0. The number of ether oxygens (including phenoxy) is 5. The number of cyclic esters (lactones) is 1. The van der Waals surface area contributed by atoms with E-state index in [1.807, 2.05) is 60.7 Å². The van der Waals surface area contributed by atoms with Crippen LogP contribution >= 0.6 is 7.82 Å². The summed E-state index contributed by atoms with van der Waals surface area (Å²) in [7, 11) is -4.07. The van der Waals surface area contributed by atoms with Crippen LogP contribution in [0.25, 0.3) is 0 Å². The van der Waals surface area contributed by atoms with Crippen LogP contribution in [0.2, 0.25) is 0 Å². The molecule has 4 aliphatic heterocycles. The highest BCUT2D eigenvalue weighted by Crippen LogP contribution is 2.83. The van der Waals surface area contributed by atoms with Crippen LogP contribution in [0.1, 0.15) is 51.2 Å². The fourth-order valence-electron chi connectivity index (χ4n) is 9.65. The van der Waals surface area contributed by atoms with Crippen molar-refractivity contribution in [3.63, 3.8) is 0 Å². The standard InChI is InChI=1S/C35H39O10P/c1-21(2)33-28(44-33)29-35(45-29)32(3)15-14-24-25(19-38-30(24)36)26(32)16-27-34(35,43-27)31(33)39-20-42-46(37,40-17-22-10-6-4-7-11-22)41-18-23-12-8-5-9-13-23/h4-13,21,26-29,31H,14-20H2,1-3H3. The second-order valence-electron chi connectivity index (χ2n) is 14.3. The minimum atomic E-state index is -4.07. The van der Waals surface area contributed by atoms with Gasteiger partial charge in [-0.05, 0) is 47.8 Å². The van der Waals surface area contributed by atoms with Gasteiger partial charge in [-0.25, -0.2) is 9.36 Å². The van der Waals surface area contributed by atoms with Gasteiger partial charge < -0.3 is 23.7 Å². The van der Waals surface area contributed by atoms with Crippen molar-refractivity contribution >= 4 is 13.8 Å². The summed E-state index contributed by atoms with van der Waals surface area (Å²) < 4.78 is 64.0. The second kappa shape index (κ2) is 10.1. The van der Waals surface area contributed by atoms with Crippen molar-refractivity contribution in [1.29, 1.82) is 0 Å². The normalized spacial score (nSPS) is 41.0. The van der Waals surface area contributed by atoms with Crippen molar-refractivity contribution in [3.05, 3.63) is 82.9 Å². The largest absolute Gasteiger partial charge is 0.477 e. The molecule has 0 radical (unpaired) electrons. The molecule has 244 valence electrons. The second-order valence-corrected chi connectivity index (χ2v) is 15.9. The van der Waals surface area contributed by atoms with Crippen LogP contribution in [-0.4, -0.2) is 60.6 Å². The summed E-state index contributed by atoms with van der Waals surface area (Å²) in [5.41, 5.74) is 1.34. The van der Waals surface area contributed by atoms with Crippen molar-refractivity contribution in [2.45, 2.75) is 94.5 Å². The van der Waals surface area contributed by atoms with Crippen molar-refractivity contribution < 1.29 is 46.6 Å². The number of rotatable bonds is 11. The maximum atomic E-state index is 14.0. The molecule has 3 aliphatic carbocycles. The van der Waals surface area contributed by atoms with Crippen LogP contribution in [-0.2, 0) is 59.8 Å². The van der Waals surface area contributed by atoms with Gasteiger partial charge in [-0.1, -0.05) is 81.4 Å². The highest BCUT2D eigenvalue weighted by atomic mass is 31.2. The zero-order chi connectivity index (χ0) is 31.5. The predicted molar refractivity (Wildman–Crippen MR) is 162 cm³/mol. The summed E-state index contributed by atoms with van der Waals surface area (Å²) in [6, 6.07) is 18.9. The highest BCUT2D eigenvalue weighted by Gasteiger charge is 3.00. The molecule has 5 fully saturated rings. The molecule has 11 heteroatoms. The molecule has 9 atom stereocenters. The summed E-state index contributed by atoms with van der Waals surface area (Å²) in [6.45, 7) is 6.65. The third-order valence-electron chi connectivity index (χ3n) is 12.0. The molecule has 9 unspecified atom stereocenters. The van der Waals surface area contributed by atoms with Crippen LogP contribution in [0, 0.1) is 17.3 Å². The Morgan fingerprint density at radius 3 is 2.24 bits per heavy atom. The number of benzene rings is 2. The van der Waals surface area contributed by atoms with Crippen LogP contribution in [0.4, 0.5) is 0 Å². The molecule has 46 heavy (non-hydrogen) atoms. The number of carbonyl (C=O) groups is 1. The number of phosphoric ester groups is 1. The number of carbonyl (C=O) groups excluding carboxylic acids is 1. The first-order chi connectivity index (χ1) is 22.2. The molecule has 0 N–H and O–H groups in total. The smallest absolute Gasteiger partial charge is 0.458 e. The minimum absolute atomic E-state index is 0.0506. The molecule has 3 saturated heterocycles. The molecule has 9 rings (SSSR count). The van der Waals surface area contributed by atoms with E-state index >= 15 is 0 Å². The third-order valence-corrected chi connectivity index (χ3v) is 13.3. The Hall–Kier alpha value is -2.40. The SMILES string of the molecule is CC(C)C12OC1C1OC13C1(C)CCC4=C(COC4=O)C1CC1OC13C2OCOP(=O)(OCc1ccccc1)OCc1ccccc1. The Kier molecular flexibility index (Phi) is 6.50. The van der Waals surface area contributed by atoms with Crippen molar-refractivity contribution in [2.24, 2.45) is 17.3 Å². The zero-order valence-electron chi connectivity index (χ0n) is 26.2. The van der Waals surface area contributed by atoms with Crippen molar-refractivity contribution in [2.75, 3.05) is 13.4 Å². The fraction of sp³-hybridized carbons (Fsp3) is 0.571. The molecular weight excluding hydrogens is 611 g/mol.